The Morgan fingerprint density at radius 2 is 1.08 bits per heavy atom. The molecule has 0 aliphatic heterocycles. The van der Waals surface area contributed by atoms with Gasteiger partial charge in [-0.15, -0.1) is 0 Å². The number of furan rings is 1. The minimum atomic E-state index is -0.142. The van der Waals surface area contributed by atoms with E-state index >= 15 is 0 Å². The first-order valence-electron chi connectivity index (χ1n) is 22.2. The van der Waals surface area contributed by atoms with Crippen LogP contribution in [-0.4, -0.2) is 4.57 Å². The summed E-state index contributed by atoms with van der Waals surface area (Å²) in [5.41, 5.74) is 18.4. The Kier molecular flexibility index (Phi) is 7.95. The number of para-hydroxylation sites is 1. The maximum atomic E-state index is 6.75. The van der Waals surface area contributed by atoms with E-state index in [1.165, 1.54) is 66.0 Å². The first-order valence-corrected chi connectivity index (χ1v) is 22.2. The average molecular weight is 819 g/mol. The molecule has 3 heteroatoms. The summed E-state index contributed by atoms with van der Waals surface area (Å²) >= 11 is 0. The second-order valence-corrected chi connectivity index (χ2v) is 17.7. The quantitative estimate of drug-likeness (QED) is 0.167. The molecule has 0 N–H and O–H groups in total. The van der Waals surface area contributed by atoms with Crippen molar-refractivity contribution in [2.45, 2.75) is 19.3 Å². The summed E-state index contributed by atoms with van der Waals surface area (Å²) in [6.45, 7) is 4.70. The number of anilines is 3. The lowest BCUT2D eigenvalue weighted by molar-refractivity contribution is 0.660. The van der Waals surface area contributed by atoms with Crippen molar-refractivity contribution >= 4 is 71.6 Å². The number of fused-ring (bicyclic) bond motifs is 10. The zero-order valence-corrected chi connectivity index (χ0v) is 35.6. The van der Waals surface area contributed by atoms with Crippen molar-refractivity contribution in [3.05, 3.63) is 230 Å². The second-order valence-electron chi connectivity index (χ2n) is 17.7. The highest BCUT2D eigenvalue weighted by Gasteiger charge is 2.38. The lowest BCUT2D eigenvalue weighted by atomic mass is 9.82. The van der Waals surface area contributed by atoms with Crippen molar-refractivity contribution in [1.82, 2.24) is 4.57 Å². The first kappa shape index (κ1) is 36.5. The highest BCUT2D eigenvalue weighted by atomic mass is 16.3. The van der Waals surface area contributed by atoms with Crippen LogP contribution in [0.3, 0.4) is 0 Å². The molecule has 1 aliphatic carbocycles. The van der Waals surface area contributed by atoms with Crippen molar-refractivity contribution < 1.29 is 4.42 Å². The van der Waals surface area contributed by atoms with Gasteiger partial charge in [-0.2, -0.15) is 0 Å². The maximum absolute atomic E-state index is 6.75. The van der Waals surface area contributed by atoms with Crippen LogP contribution in [0, 0.1) is 0 Å². The smallest absolute Gasteiger partial charge is 0.137 e. The van der Waals surface area contributed by atoms with Crippen LogP contribution in [0.5, 0.6) is 0 Å². The van der Waals surface area contributed by atoms with Gasteiger partial charge < -0.3 is 13.9 Å². The van der Waals surface area contributed by atoms with Crippen molar-refractivity contribution in [2.24, 2.45) is 0 Å². The van der Waals surface area contributed by atoms with Crippen LogP contribution in [0.15, 0.2) is 223 Å². The zero-order chi connectivity index (χ0) is 42.5. The molecule has 2 aromatic heterocycles. The lowest BCUT2D eigenvalue weighted by Gasteiger charge is -2.29. The Hall–Kier alpha value is -8.14. The van der Waals surface area contributed by atoms with E-state index in [1.54, 1.807) is 0 Å². The van der Waals surface area contributed by atoms with Gasteiger partial charge in [0.2, 0.25) is 0 Å². The van der Waals surface area contributed by atoms with Gasteiger partial charge in [-0.1, -0.05) is 159 Å². The van der Waals surface area contributed by atoms with E-state index in [9.17, 15) is 0 Å². The number of rotatable bonds is 6. The van der Waals surface area contributed by atoms with Crippen LogP contribution in [0.2, 0.25) is 0 Å². The fraction of sp³-hybridized carbons (Fsp3) is 0.0492. The fourth-order valence-electron chi connectivity index (χ4n) is 10.7. The van der Waals surface area contributed by atoms with E-state index in [0.717, 1.165) is 55.8 Å². The molecule has 0 fully saturated rings. The van der Waals surface area contributed by atoms with Gasteiger partial charge in [0, 0.05) is 38.5 Å². The van der Waals surface area contributed by atoms with Gasteiger partial charge in [0.05, 0.1) is 27.8 Å². The third-order valence-electron chi connectivity index (χ3n) is 13.8. The highest BCUT2D eigenvalue weighted by molar-refractivity contribution is 6.16. The molecule has 0 saturated carbocycles. The van der Waals surface area contributed by atoms with Gasteiger partial charge in [-0.25, -0.2) is 0 Å². The molecule has 0 amide bonds. The van der Waals surface area contributed by atoms with Crippen LogP contribution < -0.4 is 4.90 Å². The summed E-state index contributed by atoms with van der Waals surface area (Å²) < 4.78 is 9.15. The molecule has 1 aliphatic rings. The summed E-state index contributed by atoms with van der Waals surface area (Å²) in [4.78, 5) is 2.46. The largest absolute Gasteiger partial charge is 0.456 e. The number of aromatic nitrogens is 1. The van der Waals surface area contributed by atoms with E-state index in [4.69, 9.17) is 4.42 Å². The molecule has 0 spiro atoms. The monoisotopic (exact) mass is 818 g/mol. The van der Waals surface area contributed by atoms with E-state index < -0.39 is 0 Å². The van der Waals surface area contributed by atoms with Crippen LogP contribution in [0.1, 0.15) is 25.0 Å². The van der Waals surface area contributed by atoms with E-state index in [-0.39, 0.29) is 5.41 Å². The third-order valence-corrected chi connectivity index (χ3v) is 13.8. The van der Waals surface area contributed by atoms with Gasteiger partial charge in [0.25, 0.3) is 0 Å². The zero-order valence-electron chi connectivity index (χ0n) is 35.6. The van der Waals surface area contributed by atoms with Crippen molar-refractivity contribution in [3.63, 3.8) is 0 Å². The Morgan fingerprint density at radius 1 is 0.422 bits per heavy atom. The van der Waals surface area contributed by atoms with Crippen LogP contribution >= 0.6 is 0 Å². The van der Waals surface area contributed by atoms with Gasteiger partial charge in [-0.3, -0.25) is 0 Å². The normalized spacial score (nSPS) is 13.0. The Balaban J connectivity index is 1.00. The Morgan fingerprint density at radius 3 is 1.95 bits per heavy atom. The fourth-order valence-corrected chi connectivity index (χ4v) is 10.7. The molecule has 0 radical (unpaired) electrons. The van der Waals surface area contributed by atoms with Crippen LogP contribution in [-0.2, 0) is 5.41 Å². The van der Waals surface area contributed by atoms with Gasteiger partial charge in [0.15, 0.2) is 0 Å². The molecule has 2 heterocycles. The molecule has 3 nitrogen and oxygen atoms in total. The third kappa shape index (κ3) is 5.47. The van der Waals surface area contributed by atoms with Gasteiger partial charge in [-0.05, 0) is 123 Å². The molecule has 12 aromatic rings. The summed E-state index contributed by atoms with van der Waals surface area (Å²) in [5.74, 6) is 0. The summed E-state index contributed by atoms with van der Waals surface area (Å²) in [6.07, 6.45) is 0. The summed E-state index contributed by atoms with van der Waals surface area (Å²) in [6, 6.07) is 79.6. The lowest BCUT2D eigenvalue weighted by Crippen LogP contribution is -2.16. The molecule has 0 atom stereocenters. The number of benzene rings is 10. The van der Waals surface area contributed by atoms with E-state index in [0.29, 0.717) is 0 Å². The van der Waals surface area contributed by atoms with Crippen LogP contribution in [0.4, 0.5) is 17.1 Å². The molecular weight excluding hydrogens is 777 g/mol. The highest BCUT2D eigenvalue weighted by Crippen LogP contribution is 2.55. The molecule has 0 bridgehead atoms. The minimum absolute atomic E-state index is 0.142. The molecule has 64 heavy (non-hydrogen) atoms. The summed E-state index contributed by atoms with van der Waals surface area (Å²) in [5, 5.41) is 7.11. The molecule has 13 rings (SSSR count). The predicted octanol–water partition coefficient (Wildman–Crippen LogP) is 16.9. The first-order chi connectivity index (χ1) is 31.5. The maximum Gasteiger partial charge on any atom is 0.137 e. The number of hydrogen-bond acceptors (Lipinski definition) is 2. The SMILES string of the molecule is CC1(C)c2ccccc2-c2c(N(c3ccc(-c4ccccc4)cc3)c3cccc4oc5ccc(-c6ccc7c(c6)c6ccccc6n7-c6ccc7ccccc7c6)cc5c34)cccc21. The Bertz CT molecular complexity index is 3810. The van der Waals surface area contributed by atoms with E-state index in [1.807, 2.05) is 0 Å². The standard InChI is InChI=1S/C61H42N2O/c1-61(2)51-20-10-8-19-48(51)59-52(61)21-12-23-55(59)62(45-31-26-41(27-32-45)39-14-4-3-5-15-39)56-24-13-25-58-60(56)50-38-44(30-35-57(50)64-58)43-29-34-54-49(37-43)47-18-9-11-22-53(47)63(54)46-33-28-40-16-6-7-17-42(40)36-46/h3-38H,1-2H3. The number of hydrogen-bond donors (Lipinski definition) is 0. The Labute approximate surface area is 371 Å². The topological polar surface area (TPSA) is 21.3 Å². The van der Waals surface area contributed by atoms with Crippen molar-refractivity contribution in [1.29, 1.82) is 0 Å². The molecule has 0 unspecified atom stereocenters. The minimum Gasteiger partial charge on any atom is -0.456 e. The second kappa shape index (κ2) is 13.9. The average Bonchev–Trinajstić information content (AvgIpc) is 3.97. The molecule has 0 saturated heterocycles. The van der Waals surface area contributed by atoms with Crippen molar-refractivity contribution in [3.8, 4) is 39.1 Å². The molecule has 302 valence electrons. The molecule has 10 aromatic carbocycles. The van der Waals surface area contributed by atoms with Gasteiger partial charge >= 0.3 is 0 Å². The molecular formula is C61H42N2O. The number of nitrogens with zero attached hydrogens (tertiary/aromatic N) is 2. The van der Waals surface area contributed by atoms with Crippen LogP contribution in [0.25, 0.3) is 93.6 Å². The van der Waals surface area contributed by atoms with E-state index in [2.05, 4.69) is 242 Å². The predicted molar refractivity (Wildman–Crippen MR) is 269 cm³/mol. The summed E-state index contributed by atoms with van der Waals surface area (Å²) in [7, 11) is 0. The van der Waals surface area contributed by atoms with Crippen molar-refractivity contribution in [2.75, 3.05) is 4.90 Å². The van der Waals surface area contributed by atoms with Gasteiger partial charge in [0.1, 0.15) is 11.2 Å².